The molecule has 2 aromatic rings. The van der Waals surface area contributed by atoms with Crippen LogP contribution < -0.4 is 5.32 Å². The maximum absolute atomic E-state index is 12.7. The molecular weight excluding hydrogens is 257 g/mol. The molecule has 0 fully saturated rings. The lowest BCUT2D eigenvalue weighted by molar-refractivity contribution is -0.137. The third-order valence-corrected chi connectivity index (χ3v) is 2.58. The number of aromatic nitrogens is 3. The molecule has 2 rings (SSSR count). The Morgan fingerprint density at radius 1 is 1.26 bits per heavy atom. The summed E-state index contributed by atoms with van der Waals surface area (Å²) in [4.78, 5) is 1.25. The number of halogens is 3. The van der Waals surface area contributed by atoms with Gasteiger partial charge in [-0.3, -0.25) is 0 Å². The van der Waals surface area contributed by atoms with E-state index in [4.69, 9.17) is 0 Å². The van der Waals surface area contributed by atoms with Crippen molar-refractivity contribution in [3.63, 3.8) is 0 Å². The average molecular weight is 268 g/mol. The summed E-state index contributed by atoms with van der Waals surface area (Å²) in [6.45, 7) is 3.69. The lowest BCUT2D eigenvalue weighted by Crippen LogP contribution is -2.12. The van der Waals surface area contributed by atoms with E-state index < -0.39 is 11.7 Å². The monoisotopic (exact) mass is 268 g/mol. The third kappa shape index (κ3) is 2.59. The van der Waals surface area contributed by atoms with Crippen LogP contribution in [-0.4, -0.2) is 22.0 Å². The van der Waals surface area contributed by atoms with Gasteiger partial charge in [0.15, 0.2) is 0 Å². The van der Waals surface area contributed by atoms with Gasteiger partial charge in [-0.05, 0) is 18.2 Å². The van der Waals surface area contributed by atoms with Gasteiger partial charge in [0.2, 0.25) is 0 Å². The molecule has 0 saturated carbocycles. The van der Waals surface area contributed by atoms with E-state index in [1.165, 1.54) is 23.3 Å². The largest absolute Gasteiger partial charge is 0.416 e. The van der Waals surface area contributed by atoms with Crippen LogP contribution in [0, 0.1) is 0 Å². The van der Waals surface area contributed by atoms with E-state index in [2.05, 4.69) is 22.1 Å². The smallest absolute Gasteiger partial charge is 0.388 e. The number of benzene rings is 1. The molecule has 0 bridgehead atoms. The molecule has 4 nitrogen and oxygen atoms in total. The summed E-state index contributed by atoms with van der Waals surface area (Å²) in [6.07, 6.45) is -1.51. The van der Waals surface area contributed by atoms with Gasteiger partial charge < -0.3 is 5.32 Å². The molecule has 0 aliphatic rings. The molecule has 0 spiro atoms. The van der Waals surface area contributed by atoms with Gasteiger partial charge in [-0.2, -0.15) is 28.2 Å². The first-order valence-electron chi connectivity index (χ1n) is 5.38. The topological polar surface area (TPSA) is 42.7 Å². The van der Waals surface area contributed by atoms with E-state index in [-0.39, 0.29) is 0 Å². The molecule has 19 heavy (non-hydrogen) atoms. The van der Waals surface area contributed by atoms with Crippen LogP contribution in [0.1, 0.15) is 11.1 Å². The van der Waals surface area contributed by atoms with Gasteiger partial charge in [0.25, 0.3) is 0 Å². The number of rotatable bonds is 3. The van der Waals surface area contributed by atoms with Crippen molar-refractivity contribution in [1.29, 1.82) is 0 Å². The minimum atomic E-state index is -4.40. The summed E-state index contributed by atoms with van der Waals surface area (Å²) in [5.41, 5.74) is 0.346. The Labute approximate surface area is 107 Å². The number of hydrogen-bond donors (Lipinski definition) is 1. The van der Waals surface area contributed by atoms with Crippen molar-refractivity contribution >= 4 is 5.70 Å². The summed E-state index contributed by atoms with van der Waals surface area (Å²) < 4.78 is 38.2. The first-order valence-corrected chi connectivity index (χ1v) is 5.38. The van der Waals surface area contributed by atoms with Gasteiger partial charge in [0.05, 0.1) is 23.6 Å². The van der Waals surface area contributed by atoms with Gasteiger partial charge in [-0.15, -0.1) is 0 Å². The van der Waals surface area contributed by atoms with Crippen LogP contribution in [-0.2, 0) is 6.18 Å². The van der Waals surface area contributed by atoms with Crippen molar-refractivity contribution < 1.29 is 13.2 Å². The highest BCUT2D eigenvalue weighted by molar-refractivity contribution is 5.70. The fourth-order valence-electron chi connectivity index (χ4n) is 1.60. The maximum Gasteiger partial charge on any atom is 0.416 e. The second-order valence-corrected chi connectivity index (χ2v) is 3.78. The average Bonchev–Trinajstić information content (AvgIpc) is 2.89. The zero-order valence-corrected chi connectivity index (χ0v) is 10.1. The van der Waals surface area contributed by atoms with Crippen molar-refractivity contribution in [2.75, 3.05) is 7.05 Å². The molecule has 0 amide bonds. The highest BCUT2D eigenvalue weighted by atomic mass is 19.4. The fraction of sp³-hybridized carbons (Fsp3) is 0.167. The van der Waals surface area contributed by atoms with Gasteiger partial charge in [-0.25, -0.2) is 0 Å². The van der Waals surface area contributed by atoms with Crippen LogP contribution in [0.25, 0.3) is 11.4 Å². The van der Waals surface area contributed by atoms with Crippen molar-refractivity contribution in [3.05, 3.63) is 48.3 Å². The standard InChI is InChI=1S/C12H11F3N4/c1-8(16-2)10-7-9(12(13,14)15)3-4-11(10)19-17-5-6-18-19/h3-7,16H,1H2,2H3. The lowest BCUT2D eigenvalue weighted by atomic mass is 10.1. The highest BCUT2D eigenvalue weighted by Crippen LogP contribution is 2.32. The van der Waals surface area contributed by atoms with Crippen molar-refractivity contribution in [2.45, 2.75) is 6.18 Å². The summed E-state index contributed by atoms with van der Waals surface area (Å²) >= 11 is 0. The highest BCUT2D eigenvalue weighted by Gasteiger charge is 2.31. The van der Waals surface area contributed by atoms with Gasteiger partial charge in [-0.1, -0.05) is 6.58 Å². The molecule has 0 aliphatic heterocycles. The van der Waals surface area contributed by atoms with Crippen LogP contribution in [0.3, 0.4) is 0 Å². The summed E-state index contributed by atoms with van der Waals surface area (Å²) in [5.74, 6) is 0. The number of alkyl halides is 3. The van der Waals surface area contributed by atoms with Gasteiger partial charge >= 0.3 is 6.18 Å². The molecular formula is C12H11F3N4. The summed E-state index contributed by atoms with van der Waals surface area (Å²) in [6, 6.07) is 3.34. The first kappa shape index (κ1) is 13.1. The van der Waals surface area contributed by atoms with Gasteiger partial charge in [0.1, 0.15) is 0 Å². The van der Waals surface area contributed by atoms with E-state index in [1.54, 1.807) is 7.05 Å². The molecule has 0 unspecified atom stereocenters. The van der Waals surface area contributed by atoms with Crippen molar-refractivity contribution in [3.8, 4) is 5.69 Å². The van der Waals surface area contributed by atoms with E-state index in [0.717, 1.165) is 12.1 Å². The van der Waals surface area contributed by atoms with Gasteiger partial charge in [0, 0.05) is 18.3 Å². The quantitative estimate of drug-likeness (QED) is 0.930. The minimum Gasteiger partial charge on any atom is -0.388 e. The Hall–Kier alpha value is -2.31. The van der Waals surface area contributed by atoms with Crippen molar-refractivity contribution in [1.82, 2.24) is 20.3 Å². The van der Waals surface area contributed by atoms with E-state index in [9.17, 15) is 13.2 Å². The molecule has 1 aromatic heterocycles. The molecule has 0 saturated heterocycles. The second-order valence-electron chi connectivity index (χ2n) is 3.78. The van der Waals surface area contributed by atoms with Crippen LogP contribution in [0.5, 0.6) is 0 Å². The zero-order chi connectivity index (χ0) is 14.0. The molecule has 1 heterocycles. The molecule has 1 aromatic carbocycles. The number of nitrogens with zero attached hydrogens (tertiary/aromatic N) is 3. The molecule has 0 atom stereocenters. The van der Waals surface area contributed by atoms with E-state index in [1.807, 2.05) is 0 Å². The van der Waals surface area contributed by atoms with Crippen molar-refractivity contribution in [2.24, 2.45) is 0 Å². The number of hydrogen-bond acceptors (Lipinski definition) is 3. The molecule has 1 N–H and O–H groups in total. The Kier molecular flexibility index (Phi) is 3.28. The Morgan fingerprint density at radius 3 is 2.42 bits per heavy atom. The van der Waals surface area contributed by atoms with Crippen LogP contribution in [0.2, 0.25) is 0 Å². The molecule has 0 aliphatic carbocycles. The SMILES string of the molecule is C=C(NC)c1cc(C(F)(F)F)ccc1-n1nccn1. The molecule has 0 radical (unpaired) electrons. The molecule has 7 heteroatoms. The maximum atomic E-state index is 12.7. The predicted octanol–water partition coefficient (Wildman–Crippen LogP) is 2.48. The van der Waals surface area contributed by atoms with Crippen LogP contribution in [0.15, 0.2) is 37.2 Å². The van der Waals surface area contributed by atoms with Crippen LogP contribution in [0.4, 0.5) is 13.2 Å². The first-order chi connectivity index (χ1) is 8.93. The summed E-state index contributed by atoms with van der Waals surface area (Å²) in [5, 5.41) is 10.6. The predicted molar refractivity (Wildman–Crippen MR) is 64.5 cm³/mol. The van der Waals surface area contributed by atoms with Crippen LogP contribution >= 0.6 is 0 Å². The van der Waals surface area contributed by atoms with E-state index >= 15 is 0 Å². The Balaban J connectivity index is 2.59. The summed E-state index contributed by atoms with van der Waals surface area (Å²) in [7, 11) is 1.59. The normalized spacial score (nSPS) is 11.4. The Morgan fingerprint density at radius 2 is 1.89 bits per heavy atom. The third-order valence-electron chi connectivity index (χ3n) is 2.58. The lowest BCUT2D eigenvalue weighted by Gasteiger charge is -2.14. The number of nitrogens with one attached hydrogen (secondary N) is 1. The fourth-order valence-corrected chi connectivity index (χ4v) is 1.60. The molecule has 100 valence electrons. The zero-order valence-electron chi connectivity index (χ0n) is 10.1. The van der Waals surface area contributed by atoms with E-state index in [0.29, 0.717) is 16.9 Å². The minimum absolute atomic E-state index is 0.300. The second kappa shape index (κ2) is 4.75. The Bertz CT molecular complexity index is 588.